The molecule has 0 fully saturated rings. The van der Waals surface area contributed by atoms with Crippen LogP contribution in [0.25, 0.3) is 0 Å². The summed E-state index contributed by atoms with van der Waals surface area (Å²) in [5.74, 6) is 0.208. The van der Waals surface area contributed by atoms with Crippen molar-refractivity contribution in [2.75, 3.05) is 19.0 Å². The molecule has 1 amide bonds. The van der Waals surface area contributed by atoms with Crippen LogP contribution in [0.3, 0.4) is 0 Å². The predicted molar refractivity (Wildman–Crippen MR) is 129 cm³/mol. The lowest BCUT2D eigenvalue weighted by Gasteiger charge is -2.13. The zero-order chi connectivity index (χ0) is 23.8. The summed E-state index contributed by atoms with van der Waals surface area (Å²) in [6.07, 6.45) is 1.62. The zero-order valence-corrected chi connectivity index (χ0v) is 19.4. The fraction of sp³-hybridized carbons (Fsp3) is 0.125. The van der Waals surface area contributed by atoms with Gasteiger partial charge in [0.05, 0.1) is 7.11 Å². The first-order valence-electron chi connectivity index (χ1n) is 9.89. The molecule has 0 aliphatic carbocycles. The Kier molecular flexibility index (Phi) is 8.11. The molecule has 3 aromatic carbocycles. The maximum Gasteiger partial charge on any atom is 0.255 e. The van der Waals surface area contributed by atoms with Crippen LogP contribution in [0.15, 0.2) is 84.3 Å². The molecule has 0 heterocycles. The zero-order valence-electron chi connectivity index (χ0n) is 17.9. The van der Waals surface area contributed by atoms with Crippen LogP contribution in [0.5, 0.6) is 11.5 Å². The van der Waals surface area contributed by atoms with E-state index in [0.717, 1.165) is 5.56 Å². The minimum atomic E-state index is -3.97. The van der Waals surface area contributed by atoms with Crippen molar-refractivity contribution in [2.24, 2.45) is 0 Å². The molecule has 0 saturated carbocycles. The summed E-state index contributed by atoms with van der Waals surface area (Å²) in [4.78, 5) is 12.6. The number of carbonyl (C=O) groups excluding carboxylic acids is 1. The quantitative estimate of drug-likeness (QED) is 0.407. The Morgan fingerprint density at radius 3 is 2.55 bits per heavy atom. The average Bonchev–Trinajstić information content (AvgIpc) is 2.82. The molecule has 0 spiro atoms. The Morgan fingerprint density at radius 1 is 1.09 bits per heavy atom. The summed E-state index contributed by atoms with van der Waals surface area (Å²) < 4.78 is 39.1. The summed E-state index contributed by atoms with van der Waals surface area (Å²) in [6.45, 7) is 3.98. The van der Waals surface area contributed by atoms with Gasteiger partial charge in [0.25, 0.3) is 5.91 Å². The number of amides is 1. The largest absolute Gasteiger partial charge is 0.495 e. The smallest absolute Gasteiger partial charge is 0.255 e. The molecule has 0 aliphatic heterocycles. The van der Waals surface area contributed by atoms with Gasteiger partial charge in [0.1, 0.15) is 23.0 Å². The van der Waals surface area contributed by atoms with Crippen molar-refractivity contribution in [3.8, 4) is 11.5 Å². The van der Waals surface area contributed by atoms with Crippen LogP contribution in [0.2, 0.25) is 5.02 Å². The van der Waals surface area contributed by atoms with Gasteiger partial charge in [0.2, 0.25) is 10.0 Å². The Morgan fingerprint density at radius 2 is 1.85 bits per heavy atom. The van der Waals surface area contributed by atoms with Gasteiger partial charge in [-0.3, -0.25) is 4.79 Å². The molecular weight excluding hydrogens is 464 g/mol. The van der Waals surface area contributed by atoms with Gasteiger partial charge in [-0.15, -0.1) is 0 Å². The van der Waals surface area contributed by atoms with E-state index in [-0.39, 0.29) is 22.8 Å². The first-order chi connectivity index (χ1) is 15.8. The summed E-state index contributed by atoms with van der Waals surface area (Å²) >= 11 is 5.87. The van der Waals surface area contributed by atoms with Gasteiger partial charge in [-0.2, -0.15) is 0 Å². The first kappa shape index (κ1) is 24.3. The lowest BCUT2D eigenvalue weighted by atomic mass is 10.2. The van der Waals surface area contributed by atoms with E-state index in [1.54, 1.807) is 54.6 Å². The second-order valence-electron chi connectivity index (χ2n) is 6.90. The molecule has 0 bridgehead atoms. The number of nitrogens with one attached hydrogen (secondary N) is 2. The molecule has 0 radical (unpaired) electrons. The van der Waals surface area contributed by atoms with Crippen molar-refractivity contribution in [2.45, 2.75) is 11.4 Å². The van der Waals surface area contributed by atoms with E-state index in [4.69, 9.17) is 21.1 Å². The summed E-state index contributed by atoms with van der Waals surface area (Å²) in [6, 6.07) is 17.8. The molecule has 0 unspecified atom stereocenters. The average molecular weight is 487 g/mol. The number of hydrogen-bond donors (Lipinski definition) is 2. The lowest BCUT2D eigenvalue weighted by molar-refractivity contribution is 0.102. The Bertz CT molecular complexity index is 1240. The molecule has 2 N–H and O–H groups in total. The number of sulfonamides is 1. The fourth-order valence-corrected chi connectivity index (χ4v) is 4.24. The highest BCUT2D eigenvalue weighted by molar-refractivity contribution is 7.89. The number of anilines is 1. The summed E-state index contributed by atoms with van der Waals surface area (Å²) in [7, 11) is -2.61. The first-order valence-corrected chi connectivity index (χ1v) is 11.8. The second kappa shape index (κ2) is 11.0. The van der Waals surface area contributed by atoms with E-state index in [2.05, 4.69) is 16.6 Å². The van der Waals surface area contributed by atoms with Crippen LogP contribution in [-0.2, 0) is 16.6 Å². The lowest BCUT2D eigenvalue weighted by Crippen LogP contribution is -2.24. The number of benzene rings is 3. The van der Waals surface area contributed by atoms with E-state index < -0.39 is 15.9 Å². The normalized spacial score (nSPS) is 11.0. The molecule has 7 nitrogen and oxygen atoms in total. The Hall–Kier alpha value is -3.33. The highest BCUT2D eigenvalue weighted by Crippen LogP contribution is 2.26. The van der Waals surface area contributed by atoms with E-state index in [1.807, 2.05) is 0 Å². The summed E-state index contributed by atoms with van der Waals surface area (Å²) in [5.41, 5.74) is 1.39. The van der Waals surface area contributed by atoms with Gasteiger partial charge in [-0.25, -0.2) is 13.1 Å². The number of methoxy groups -OCH3 is 1. The number of carbonyl (C=O) groups is 1. The molecule has 0 aliphatic rings. The maximum atomic E-state index is 13.0. The van der Waals surface area contributed by atoms with Gasteiger partial charge in [-0.1, -0.05) is 42.5 Å². The minimum absolute atomic E-state index is 0.0522. The maximum absolute atomic E-state index is 13.0. The molecule has 3 rings (SSSR count). The number of hydrogen-bond acceptors (Lipinski definition) is 5. The topological polar surface area (TPSA) is 93.7 Å². The molecular formula is C24H23ClN2O5S. The Balaban J connectivity index is 1.80. The van der Waals surface area contributed by atoms with Crippen LogP contribution in [0.1, 0.15) is 15.9 Å². The molecule has 33 heavy (non-hydrogen) atoms. The van der Waals surface area contributed by atoms with Crippen molar-refractivity contribution in [3.05, 3.63) is 95.5 Å². The van der Waals surface area contributed by atoms with E-state index in [9.17, 15) is 13.2 Å². The number of halogens is 1. The molecule has 172 valence electrons. The van der Waals surface area contributed by atoms with Gasteiger partial charge in [-0.05, 0) is 48.0 Å². The minimum Gasteiger partial charge on any atom is -0.495 e. The highest BCUT2D eigenvalue weighted by atomic mass is 35.5. The molecule has 0 atom stereocenters. The van der Waals surface area contributed by atoms with E-state index in [0.29, 0.717) is 23.1 Å². The monoisotopic (exact) mass is 486 g/mol. The van der Waals surface area contributed by atoms with E-state index >= 15 is 0 Å². The van der Waals surface area contributed by atoms with Crippen molar-refractivity contribution < 1.29 is 22.7 Å². The van der Waals surface area contributed by atoms with Gasteiger partial charge < -0.3 is 14.8 Å². The van der Waals surface area contributed by atoms with Gasteiger partial charge in [0, 0.05) is 28.9 Å². The van der Waals surface area contributed by atoms with Crippen LogP contribution in [0.4, 0.5) is 5.69 Å². The van der Waals surface area contributed by atoms with Crippen molar-refractivity contribution in [3.63, 3.8) is 0 Å². The number of ether oxygens (including phenoxy) is 2. The van der Waals surface area contributed by atoms with Crippen LogP contribution >= 0.6 is 11.6 Å². The SMILES string of the molecule is C=CCOc1cccc(NC(=O)c2ccc(OC)c(S(=O)(=O)NCc3ccc(Cl)cc3)c2)c1. The third kappa shape index (κ3) is 6.58. The predicted octanol–water partition coefficient (Wildman–Crippen LogP) is 4.64. The Labute approximate surface area is 198 Å². The van der Waals surface area contributed by atoms with Gasteiger partial charge >= 0.3 is 0 Å². The third-order valence-electron chi connectivity index (χ3n) is 4.55. The summed E-state index contributed by atoms with van der Waals surface area (Å²) in [5, 5.41) is 3.30. The van der Waals surface area contributed by atoms with Crippen molar-refractivity contribution in [1.82, 2.24) is 4.72 Å². The molecule has 0 aromatic heterocycles. The van der Waals surface area contributed by atoms with Crippen molar-refractivity contribution >= 4 is 33.2 Å². The van der Waals surface area contributed by atoms with Crippen molar-refractivity contribution in [1.29, 1.82) is 0 Å². The third-order valence-corrected chi connectivity index (χ3v) is 6.23. The molecule has 0 saturated heterocycles. The number of rotatable bonds is 10. The van der Waals surface area contributed by atoms with Gasteiger partial charge in [0.15, 0.2) is 0 Å². The molecule has 3 aromatic rings. The highest BCUT2D eigenvalue weighted by Gasteiger charge is 2.22. The fourth-order valence-electron chi connectivity index (χ4n) is 2.91. The van der Waals surface area contributed by atoms with Crippen LogP contribution < -0.4 is 19.5 Å². The van der Waals surface area contributed by atoms with Crippen LogP contribution in [-0.4, -0.2) is 28.0 Å². The second-order valence-corrected chi connectivity index (χ2v) is 9.07. The molecule has 9 heteroatoms. The standard InChI is InChI=1S/C24H23ClN2O5S/c1-3-13-32-21-6-4-5-20(15-21)27-24(28)18-9-12-22(31-2)23(14-18)33(29,30)26-16-17-7-10-19(25)11-8-17/h3-12,14-15,26H,1,13,16H2,2H3,(H,27,28). The van der Waals surface area contributed by atoms with E-state index in [1.165, 1.54) is 25.3 Å². The van der Waals surface area contributed by atoms with Crippen LogP contribution in [0, 0.1) is 0 Å².